The summed E-state index contributed by atoms with van der Waals surface area (Å²) in [6.07, 6.45) is 5.82. The van der Waals surface area contributed by atoms with Crippen LogP contribution in [0.1, 0.15) is 75.9 Å². The second kappa shape index (κ2) is 9.41. The number of carbonyl (C=O) groups is 1. The largest absolute Gasteiger partial charge is 0.361 e. The quantitative estimate of drug-likeness (QED) is 0.588. The van der Waals surface area contributed by atoms with Crippen LogP contribution in [-0.4, -0.2) is 63.4 Å². The predicted octanol–water partition coefficient (Wildman–Crippen LogP) is 5.27. The molecular weight excluding hydrogens is 438 g/mol. The molecule has 2 aromatic rings. The second-order valence-corrected chi connectivity index (χ2v) is 11.5. The van der Waals surface area contributed by atoms with Gasteiger partial charge in [-0.2, -0.15) is 5.10 Å². The lowest BCUT2D eigenvalue weighted by Crippen LogP contribution is -2.48. The van der Waals surface area contributed by atoms with Crippen molar-refractivity contribution in [2.45, 2.75) is 73.3 Å². The van der Waals surface area contributed by atoms with Gasteiger partial charge in [-0.15, -0.1) is 0 Å². The summed E-state index contributed by atoms with van der Waals surface area (Å²) >= 11 is 6.61. The number of likely N-dealkylation sites (tertiary alicyclic amines) is 2. The van der Waals surface area contributed by atoms with Crippen molar-refractivity contribution >= 4 is 17.5 Å². The lowest BCUT2D eigenvalue weighted by molar-refractivity contribution is 0.0283. The van der Waals surface area contributed by atoms with Gasteiger partial charge < -0.3 is 14.3 Å². The molecule has 8 heteroatoms. The van der Waals surface area contributed by atoms with E-state index in [0.29, 0.717) is 45.2 Å². The standard InChI is InChI=1S/C25H38ClN5O2/c1-6-31-22(26)20(21(27-31)19-17-18(2)33-28-19)23(32)30-15-10-25(11-16-30)8-13-29(14-9-25)12-7-24(3,4)5/h17H,6-16H2,1-5H3. The Morgan fingerprint density at radius 1 is 1.15 bits per heavy atom. The van der Waals surface area contributed by atoms with Gasteiger partial charge in [-0.1, -0.05) is 37.5 Å². The molecule has 0 N–H and O–H groups in total. The van der Waals surface area contributed by atoms with Crippen molar-refractivity contribution < 1.29 is 9.32 Å². The number of amides is 1. The van der Waals surface area contributed by atoms with E-state index in [1.807, 2.05) is 18.7 Å². The fourth-order valence-corrected chi connectivity index (χ4v) is 5.41. The molecule has 7 nitrogen and oxygen atoms in total. The van der Waals surface area contributed by atoms with Crippen LogP contribution >= 0.6 is 11.6 Å². The van der Waals surface area contributed by atoms with Gasteiger partial charge >= 0.3 is 0 Å². The molecule has 1 spiro atoms. The van der Waals surface area contributed by atoms with Gasteiger partial charge in [0.15, 0.2) is 0 Å². The number of hydrogen-bond donors (Lipinski definition) is 0. The molecule has 0 atom stereocenters. The van der Waals surface area contributed by atoms with Gasteiger partial charge in [0.05, 0.1) is 0 Å². The number of carbonyl (C=O) groups excluding carboxylic acids is 1. The van der Waals surface area contributed by atoms with Crippen molar-refractivity contribution in [3.05, 3.63) is 22.5 Å². The molecule has 2 fully saturated rings. The van der Waals surface area contributed by atoms with Crippen molar-refractivity contribution in [1.29, 1.82) is 0 Å². The maximum Gasteiger partial charge on any atom is 0.259 e. The van der Waals surface area contributed by atoms with Gasteiger partial charge in [-0.3, -0.25) is 9.48 Å². The molecule has 4 rings (SSSR count). The van der Waals surface area contributed by atoms with Crippen LogP contribution in [0.25, 0.3) is 11.4 Å². The summed E-state index contributed by atoms with van der Waals surface area (Å²) in [5, 5.41) is 9.03. The third-order valence-corrected chi connectivity index (χ3v) is 7.86. The number of halogens is 1. The fraction of sp³-hybridized carbons (Fsp3) is 0.720. The molecule has 0 unspecified atom stereocenters. The molecule has 0 aliphatic carbocycles. The predicted molar refractivity (Wildman–Crippen MR) is 130 cm³/mol. The lowest BCUT2D eigenvalue weighted by atomic mass is 9.71. The molecule has 182 valence electrons. The zero-order chi connectivity index (χ0) is 23.8. The van der Waals surface area contributed by atoms with Crippen LogP contribution in [0, 0.1) is 17.8 Å². The van der Waals surface area contributed by atoms with Gasteiger partial charge in [0.1, 0.15) is 27.9 Å². The molecule has 1 amide bonds. The van der Waals surface area contributed by atoms with Crippen LogP contribution in [0.3, 0.4) is 0 Å². The first-order valence-corrected chi connectivity index (χ1v) is 12.7. The minimum Gasteiger partial charge on any atom is -0.361 e. The molecule has 2 saturated heterocycles. The van der Waals surface area contributed by atoms with Gasteiger partial charge in [0, 0.05) is 25.7 Å². The van der Waals surface area contributed by atoms with Gasteiger partial charge in [0.25, 0.3) is 5.91 Å². The normalized spacial score (nSPS) is 19.4. The highest BCUT2D eigenvalue weighted by atomic mass is 35.5. The van der Waals surface area contributed by atoms with Crippen molar-refractivity contribution in [3.63, 3.8) is 0 Å². The Morgan fingerprint density at radius 2 is 1.79 bits per heavy atom. The van der Waals surface area contributed by atoms with Crippen molar-refractivity contribution in [3.8, 4) is 11.4 Å². The van der Waals surface area contributed by atoms with Crippen LogP contribution in [0.4, 0.5) is 0 Å². The number of hydrogen-bond acceptors (Lipinski definition) is 5. The number of rotatable bonds is 5. The lowest BCUT2D eigenvalue weighted by Gasteiger charge is -2.47. The first-order chi connectivity index (χ1) is 15.6. The molecule has 33 heavy (non-hydrogen) atoms. The number of nitrogens with zero attached hydrogens (tertiary/aromatic N) is 5. The van der Waals surface area contributed by atoms with Gasteiger partial charge in [0.2, 0.25) is 0 Å². The molecule has 0 saturated carbocycles. The van der Waals surface area contributed by atoms with Gasteiger partial charge in [-0.25, -0.2) is 0 Å². The number of piperidine rings is 2. The average Bonchev–Trinajstić information content (AvgIpc) is 3.35. The summed E-state index contributed by atoms with van der Waals surface area (Å²) in [4.78, 5) is 18.2. The molecule has 2 aliphatic heterocycles. The number of aryl methyl sites for hydroxylation is 2. The Labute approximate surface area is 202 Å². The van der Waals surface area contributed by atoms with Crippen LogP contribution in [0.2, 0.25) is 5.15 Å². The minimum absolute atomic E-state index is 0.0483. The molecule has 0 bridgehead atoms. The topological polar surface area (TPSA) is 67.4 Å². The summed E-state index contributed by atoms with van der Waals surface area (Å²) in [7, 11) is 0. The maximum atomic E-state index is 13.6. The van der Waals surface area contributed by atoms with E-state index in [-0.39, 0.29) is 5.91 Å². The Morgan fingerprint density at radius 3 is 2.33 bits per heavy atom. The third kappa shape index (κ3) is 5.29. The first-order valence-electron chi connectivity index (χ1n) is 12.3. The first kappa shape index (κ1) is 24.3. The van der Waals surface area contributed by atoms with E-state index in [0.717, 1.165) is 25.9 Å². The third-order valence-electron chi connectivity index (χ3n) is 7.48. The molecule has 4 heterocycles. The number of aromatic nitrogens is 3. The summed E-state index contributed by atoms with van der Waals surface area (Å²) in [5.41, 5.74) is 2.27. The van der Waals surface area contributed by atoms with Crippen molar-refractivity contribution in [2.75, 3.05) is 32.7 Å². The highest BCUT2D eigenvalue weighted by Gasteiger charge is 2.40. The molecule has 0 radical (unpaired) electrons. The second-order valence-electron chi connectivity index (χ2n) is 11.1. The summed E-state index contributed by atoms with van der Waals surface area (Å²) in [6, 6.07) is 1.80. The van der Waals surface area contributed by atoms with Crippen LogP contribution in [-0.2, 0) is 6.54 Å². The summed E-state index contributed by atoms with van der Waals surface area (Å²) in [6.45, 7) is 16.4. The van der Waals surface area contributed by atoms with E-state index in [1.165, 1.54) is 38.9 Å². The van der Waals surface area contributed by atoms with E-state index < -0.39 is 0 Å². The monoisotopic (exact) mass is 475 g/mol. The molecular formula is C25H38ClN5O2. The van der Waals surface area contributed by atoms with Gasteiger partial charge in [-0.05, 0) is 76.4 Å². The van der Waals surface area contributed by atoms with Crippen molar-refractivity contribution in [1.82, 2.24) is 24.7 Å². The smallest absolute Gasteiger partial charge is 0.259 e. The fourth-order valence-electron chi connectivity index (χ4n) is 5.08. The highest BCUT2D eigenvalue weighted by Crippen LogP contribution is 2.42. The summed E-state index contributed by atoms with van der Waals surface area (Å²) in [5.74, 6) is 0.632. The summed E-state index contributed by atoms with van der Waals surface area (Å²) < 4.78 is 6.89. The SMILES string of the molecule is CCn1nc(-c2cc(C)on2)c(C(=O)N2CCC3(CCN(CCC(C)(C)C)CC3)CC2)c1Cl. The molecule has 2 aromatic heterocycles. The van der Waals surface area contributed by atoms with E-state index in [9.17, 15) is 4.79 Å². The van der Waals surface area contributed by atoms with Crippen LogP contribution in [0.15, 0.2) is 10.6 Å². The Bertz CT molecular complexity index is 972. The van der Waals surface area contributed by atoms with E-state index in [1.54, 1.807) is 10.7 Å². The van der Waals surface area contributed by atoms with Crippen LogP contribution < -0.4 is 0 Å². The zero-order valence-corrected chi connectivity index (χ0v) is 21.5. The van der Waals surface area contributed by atoms with E-state index in [4.69, 9.17) is 16.1 Å². The minimum atomic E-state index is -0.0483. The zero-order valence-electron chi connectivity index (χ0n) is 20.8. The molecule has 0 aromatic carbocycles. The van der Waals surface area contributed by atoms with E-state index >= 15 is 0 Å². The van der Waals surface area contributed by atoms with Crippen LogP contribution in [0.5, 0.6) is 0 Å². The highest BCUT2D eigenvalue weighted by molar-refractivity contribution is 6.33. The molecule has 2 aliphatic rings. The van der Waals surface area contributed by atoms with E-state index in [2.05, 4.69) is 35.9 Å². The Kier molecular flexibility index (Phi) is 6.92. The average molecular weight is 476 g/mol. The Balaban J connectivity index is 1.41. The van der Waals surface area contributed by atoms with Crippen molar-refractivity contribution in [2.24, 2.45) is 10.8 Å². The Hall–Kier alpha value is -1.86. The maximum absolute atomic E-state index is 13.6.